The molecule has 0 aliphatic rings. The van der Waals surface area contributed by atoms with Crippen LogP contribution < -0.4 is 4.72 Å². The third kappa shape index (κ3) is 6.89. The zero-order valence-electron chi connectivity index (χ0n) is 15.5. The van der Waals surface area contributed by atoms with E-state index in [0.29, 0.717) is 11.1 Å². The van der Waals surface area contributed by atoms with Gasteiger partial charge in [0.15, 0.2) is 0 Å². The number of rotatable bonds is 8. The number of aryl methyl sites for hydroxylation is 3. The van der Waals surface area contributed by atoms with Crippen LogP contribution in [-0.4, -0.2) is 35.7 Å². The molecule has 8 heteroatoms. The van der Waals surface area contributed by atoms with E-state index >= 15 is 0 Å². The first-order chi connectivity index (χ1) is 11.3. The molecule has 0 aromatic heterocycles. The van der Waals surface area contributed by atoms with E-state index in [9.17, 15) is 16.8 Å². The Hall–Kier alpha value is -1.22. The number of nitrogens with one attached hydrogen (secondary N) is 1. The maximum atomic E-state index is 12.8. The van der Waals surface area contributed by atoms with Crippen LogP contribution in [0.15, 0.2) is 29.2 Å². The van der Waals surface area contributed by atoms with Gasteiger partial charge in [-0.1, -0.05) is 43.7 Å². The summed E-state index contributed by atoms with van der Waals surface area (Å²) in [6.45, 7) is 9.09. The van der Waals surface area contributed by atoms with Crippen molar-refractivity contribution in [3.8, 4) is 0 Å². The monoisotopic (exact) mass is 389 g/mol. The highest BCUT2D eigenvalue weighted by Gasteiger charge is 2.24. The normalized spacial score (nSPS) is 14.4. The van der Waals surface area contributed by atoms with Gasteiger partial charge in [-0.3, -0.25) is 4.18 Å². The molecule has 1 N–H and O–H groups in total. The molecular formula is C17H27NO5S2. The molecule has 25 heavy (non-hydrogen) atoms. The summed E-state index contributed by atoms with van der Waals surface area (Å²) in [5, 5.41) is 0. The highest BCUT2D eigenvalue weighted by molar-refractivity contribution is 7.89. The largest absolute Gasteiger partial charge is 0.266 e. The van der Waals surface area contributed by atoms with Gasteiger partial charge in [0.1, 0.15) is 0 Å². The van der Waals surface area contributed by atoms with Crippen molar-refractivity contribution in [2.24, 2.45) is 5.92 Å². The summed E-state index contributed by atoms with van der Waals surface area (Å²) in [5.41, 5.74) is 2.39. The van der Waals surface area contributed by atoms with Gasteiger partial charge in [0.25, 0.3) is 10.1 Å². The fraction of sp³-hybridized carbons (Fsp3) is 0.529. The molecule has 0 saturated heterocycles. The van der Waals surface area contributed by atoms with Crippen LogP contribution in [0.5, 0.6) is 0 Å². The highest BCUT2D eigenvalue weighted by Crippen LogP contribution is 2.22. The zero-order valence-corrected chi connectivity index (χ0v) is 17.2. The van der Waals surface area contributed by atoms with Crippen LogP contribution in [0, 0.1) is 26.7 Å². The van der Waals surface area contributed by atoms with Crippen LogP contribution in [-0.2, 0) is 24.3 Å². The fourth-order valence-electron chi connectivity index (χ4n) is 2.59. The molecule has 6 nitrogen and oxygen atoms in total. The van der Waals surface area contributed by atoms with Crippen molar-refractivity contribution in [1.29, 1.82) is 0 Å². The maximum absolute atomic E-state index is 12.8. The van der Waals surface area contributed by atoms with Crippen LogP contribution in [0.4, 0.5) is 0 Å². The second-order valence-corrected chi connectivity index (χ2v) is 9.83. The molecule has 0 saturated carbocycles. The smallest absolute Gasteiger partial charge is 0.264 e. The average Bonchev–Trinajstić information content (AvgIpc) is 2.39. The Kier molecular flexibility index (Phi) is 7.37. The third-order valence-corrected chi connectivity index (χ3v) is 5.93. The van der Waals surface area contributed by atoms with Crippen LogP contribution in [0.3, 0.4) is 0 Å². The third-order valence-electron chi connectivity index (χ3n) is 3.60. The lowest BCUT2D eigenvalue weighted by Gasteiger charge is -2.21. The SMILES string of the molecule is Cc1cc(C)c(S(=O)(=O)N[C@H](/C=C/COS(C)(=O)=O)C(C)C)c(C)c1. The lowest BCUT2D eigenvalue weighted by Crippen LogP contribution is -2.37. The predicted octanol–water partition coefficient (Wildman–Crippen LogP) is 2.45. The van der Waals surface area contributed by atoms with Crippen LogP contribution in [0.25, 0.3) is 0 Å². The molecular weight excluding hydrogens is 362 g/mol. The van der Waals surface area contributed by atoms with Crippen molar-refractivity contribution in [2.75, 3.05) is 12.9 Å². The van der Waals surface area contributed by atoms with Crippen molar-refractivity contribution in [3.05, 3.63) is 41.0 Å². The van der Waals surface area contributed by atoms with Crippen LogP contribution in [0.1, 0.15) is 30.5 Å². The topological polar surface area (TPSA) is 89.5 Å². The lowest BCUT2D eigenvalue weighted by atomic mass is 10.1. The van der Waals surface area contributed by atoms with E-state index in [0.717, 1.165) is 11.8 Å². The number of benzene rings is 1. The van der Waals surface area contributed by atoms with Gasteiger partial charge < -0.3 is 0 Å². The first-order valence-electron chi connectivity index (χ1n) is 7.94. The van der Waals surface area contributed by atoms with Gasteiger partial charge in [0.05, 0.1) is 17.8 Å². The standard InChI is InChI=1S/C17H27NO5S2/c1-12(2)16(8-7-9-23-24(6,19)20)18-25(21,22)17-14(4)10-13(3)11-15(17)5/h7-8,10-12,16,18H,9H2,1-6H3/b8-7+/t16-/m1/s1. The molecule has 1 aromatic rings. The highest BCUT2D eigenvalue weighted by atomic mass is 32.2. The first-order valence-corrected chi connectivity index (χ1v) is 11.2. The van der Waals surface area contributed by atoms with Crippen molar-refractivity contribution in [2.45, 2.75) is 45.6 Å². The Morgan fingerprint density at radius 2 is 1.60 bits per heavy atom. The summed E-state index contributed by atoms with van der Waals surface area (Å²) >= 11 is 0. The fourth-order valence-corrected chi connectivity index (χ4v) is 4.71. The Balaban J connectivity index is 3.03. The van der Waals surface area contributed by atoms with E-state index in [4.69, 9.17) is 0 Å². The molecule has 0 heterocycles. The van der Waals surface area contributed by atoms with Crippen molar-refractivity contribution >= 4 is 20.1 Å². The van der Waals surface area contributed by atoms with Gasteiger partial charge in [0, 0.05) is 6.04 Å². The summed E-state index contributed by atoms with van der Waals surface area (Å²) in [7, 11) is -7.23. The lowest BCUT2D eigenvalue weighted by molar-refractivity contribution is 0.360. The molecule has 0 bridgehead atoms. The number of hydrogen-bond donors (Lipinski definition) is 1. The van der Waals surface area contributed by atoms with Crippen molar-refractivity contribution in [3.63, 3.8) is 0 Å². The molecule has 142 valence electrons. The summed E-state index contributed by atoms with van der Waals surface area (Å²) in [6, 6.07) is 3.19. The van der Waals surface area contributed by atoms with E-state index in [-0.39, 0.29) is 17.4 Å². The first kappa shape index (κ1) is 21.8. The van der Waals surface area contributed by atoms with Gasteiger partial charge >= 0.3 is 0 Å². The molecule has 0 amide bonds. The number of sulfonamides is 1. The minimum Gasteiger partial charge on any atom is -0.266 e. The molecule has 0 radical (unpaired) electrons. The molecule has 0 unspecified atom stereocenters. The molecule has 1 atom stereocenters. The van der Waals surface area contributed by atoms with E-state index in [1.807, 2.05) is 32.9 Å². The quantitative estimate of drug-likeness (QED) is 0.545. The molecule has 1 aromatic carbocycles. The maximum Gasteiger partial charge on any atom is 0.264 e. The van der Waals surface area contributed by atoms with Crippen LogP contribution in [0.2, 0.25) is 0 Å². The second-order valence-electron chi connectivity index (χ2n) is 6.54. The summed E-state index contributed by atoms with van der Waals surface area (Å²) in [6.07, 6.45) is 4.09. The zero-order chi connectivity index (χ0) is 19.4. The molecule has 0 aliphatic carbocycles. The number of hydrogen-bond acceptors (Lipinski definition) is 5. The van der Waals surface area contributed by atoms with E-state index < -0.39 is 26.2 Å². The minimum absolute atomic E-state index is 0.0182. The van der Waals surface area contributed by atoms with Crippen LogP contribution >= 0.6 is 0 Å². The van der Waals surface area contributed by atoms with E-state index in [1.54, 1.807) is 19.9 Å². The Morgan fingerprint density at radius 3 is 2.04 bits per heavy atom. The summed E-state index contributed by atoms with van der Waals surface area (Å²) in [5.74, 6) is -0.0182. The van der Waals surface area contributed by atoms with Gasteiger partial charge in [-0.2, -0.15) is 8.42 Å². The van der Waals surface area contributed by atoms with E-state index in [1.165, 1.54) is 6.08 Å². The second kappa shape index (κ2) is 8.44. The molecule has 0 spiro atoms. The van der Waals surface area contributed by atoms with Crippen molar-refractivity contribution in [1.82, 2.24) is 4.72 Å². The van der Waals surface area contributed by atoms with Gasteiger partial charge in [-0.15, -0.1) is 0 Å². The van der Waals surface area contributed by atoms with E-state index in [2.05, 4.69) is 8.91 Å². The minimum atomic E-state index is -3.71. The summed E-state index contributed by atoms with van der Waals surface area (Å²) < 4.78 is 54.9. The molecule has 0 aliphatic heterocycles. The van der Waals surface area contributed by atoms with Gasteiger partial charge in [-0.25, -0.2) is 13.1 Å². The Bertz CT molecular complexity index is 817. The predicted molar refractivity (Wildman–Crippen MR) is 99.5 cm³/mol. The molecule has 1 rings (SSSR count). The van der Waals surface area contributed by atoms with Crippen molar-refractivity contribution < 1.29 is 21.0 Å². The average molecular weight is 390 g/mol. The van der Waals surface area contributed by atoms with Gasteiger partial charge in [-0.05, 0) is 37.8 Å². The Morgan fingerprint density at radius 1 is 1.08 bits per heavy atom. The summed E-state index contributed by atoms with van der Waals surface area (Å²) in [4.78, 5) is 0.282. The Labute approximate surface area is 151 Å². The van der Waals surface area contributed by atoms with Gasteiger partial charge in [0.2, 0.25) is 10.0 Å². The molecule has 0 fully saturated rings.